The van der Waals surface area contributed by atoms with E-state index in [9.17, 15) is 5.26 Å². The summed E-state index contributed by atoms with van der Waals surface area (Å²) in [5.74, 6) is 2.09. The Morgan fingerprint density at radius 3 is 2.25 bits per heavy atom. The van der Waals surface area contributed by atoms with Gasteiger partial charge in [-0.3, -0.25) is 0 Å². The molecule has 1 saturated carbocycles. The Morgan fingerprint density at radius 1 is 1.20 bits per heavy atom. The van der Waals surface area contributed by atoms with Crippen molar-refractivity contribution in [3.05, 3.63) is 18.2 Å². The minimum absolute atomic E-state index is 0.0268. The van der Waals surface area contributed by atoms with Gasteiger partial charge in [0, 0.05) is 24.6 Å². The Labute approximate surface area is 119 Å². The van der Waals surface area contributed by atoms with Crippen molar-refractivity contribution in [1.82, 2.24) is 5.32 Å². The molecule has 0 aromatic heterocycles. The van der Waals surface area contributed by atoms with E-state index in [4.69, 9.17) is 14.2 Å². The summed E-state index contributed by atoms with van der Waals surface area (Å²) in [5.41, 5.74) is -0.465. The third kappa shape index (κ3) is 2.97. The van der Waals surface area contributed by atoms with Gasteiger partial charge in [0.2, 0.25) is 0 Å². The molecule has 0 radical (unpaired) electrons. The van der Waals surface area contributed by atoms with Gasteiger partial charge in [-0.05, 0) is 19.9 Å². The lowest BCUT2D eigenvalue weighted by Crippen LogP contribution is -2.39. The molecule has 1 aliphatic rings. The summed E-state index contributed by atoms with van der Waals surface area (Å²) in [4.78, 5) is 0. The summed E-state index contributed by atoms with van der Waals surface area (Å²) >= 11 is 0. The van der Waals surface area contributed by atoms with Crippen LogP contribution in [0.25, 0.3) is 0 Å². The minimum Gasteiger partial charge on any atom is -0.496 e. The highest BCUT2D eigenvalue weighted by Crippen LogP contribution is 2.34. The van der Waals surface area contributed by atoms with Crippen molar-refractivity contribution in [2.45, 2.75) is 30.9 Å². The molecule has 1 aromatic rings. The summed E-state index contributed by atoms with van der Waals surface area (Å²) in [6.45, 7) is 0. The summed E-state index contributed by atoms with van der Waals surface area (Å²) in [6, 6.07) is 7.80. The number of methoxy groups -OCH3 is 2. The lowest BCUT2D eigenvalue weighted by molar-refractivity contribution is 0.200. The van der Waals surface area contributed by atoms with Crippen molar-refractivity contribution in [2.24, 2.45) is 0 Å². The molecule has 5 nitrogen and oxygen atoms in total. The van der Waals surface area contributed by atoms with E-state index in [0.717, 1.165) is 12.8 Å². The maximum atomic E-state index is 9.26. The van der Waals surface area contributed by atoms with Crippen LogP contribution in [0.1, 0.15) is 19.3 Å². The molecule has 0 amide bonds. The van der Waals surface area contributed by atoms with Gasteiger partial charge in [-0.2, -0.15) is 5.26 Å². The Morgan fingerprint density at radius 2 is 1.80 bits per heavy atom. The summed E-state index contributed by atoms with van der Waals surface area (Å²) < 4.78 is 16.4. The predicted molar refractivity (Wildman–Crippen MR) is 75.2 cm³/mol. The standard InChI is InChI=1S/C15H20N2O3/c1-17-15(10-16)5-4-11(9-15)20-14-7-12(18-2)6-13(8-14)19-3/h6-8,11,17H,4-5,9H2,1-3H3. The molecular formula is C15H20N2O3. The first kappa shape index (κ1) is 14.5. The molecule has 20 heavy (non-hydrogen) atoms. The molecule has 1 aromatic carbocycles. The topological polar surface area (TPSA) is 63.5 Å². The molecule has 0 saturated heterocycles. The zero-order valence-electron chi connectivity index (χ0n) is 12.1. The second-order valence-corrected chi connectivity index (χ2v) is 4.97. The molecule has 2 atom stereocenters. The van der Waals surface area contributed by atoms with Crippen LogP contribution in [-0.4, -0.2) is 32.9 Å². The van der Waals surface area contributed by atoms with Crippen molar-refractivity contribution in [3.8, 4) is 23.3 Å². The Bertz CT molecular complexity index is 490. The minimum atomic E-state index is -0.465. The number of hydrogen-bond acceptors (Lipinski definition) is 5. The third-order valence-electron chi connectivity index (χ3n) is 3.79. The van der Waals surface area contributed by atoms with Crippen LogP contribution in [-0.2, 0) is 0 Å². The molecule has 0 bridgehead atoms. The Balaban J connectivity index is 2.10. The number of benzene rings is 1. The van der Waals surface area contributed by atoms with Crippen molar-refractivity contribution < 1.29 is 14.2 Å². The van der Waals surface area contributed by atoms with Gasteiger partial charge in [-0.1, -0.05) is 0 Å². The molecule has 0 heterocycles. The van der Waals surface area contributed by atoms with Crippen LogP contribution < -0.4 is 19.5 Å². The molecule has 2 rings (SSSR count). The maximum absolute atomic E-state index is 9.26. The first-order chi connectivity index (χ1) is 9.64. The van der Waals surface area contributed by atoms with E-state index < -0.39 is 5.54 Å². The number of rotatable bonds is 5. The van der Waals surface area contributed by atoms with Gasteiger partial charge in [-0.15, -0.1) is 0 Å². The van der Waals surface area contributed by atoms with Crippen molar-refractivity contribution in [3.63, 3.8) is 0 Å². The Kier molecular flexibility index (Phi) is 4.35. The Hall–Kier alpha value is -1.93. The van der Waals surface area contributed by atoms with E-state index in [1.54, 1.807) is 20.3 Å². The highest BCUT2D eigenvalue weighted by Gasteiger charge is 2.39. The van der Waals surface area contributed by atoms with Crippen molar-refractivity contribution in [2.75, 3.05) is 21.3 Å². The van der Waals surface area contributed by atoms with Crippen LogP contribution in [0.5, 0.6) is 17.2 Å². The molecule has 1 N–H and O–H groups in total. The molecule has 5 heteroatoms. The third-order valence-corrected chi connectivity index (χ3v) is 3.79. The fourth-order valence-corrected chi connectivity index (χ4v) is 2.53. The number of nitrogens with zero attached hydrogens (tertiary/aromatic N) is 1. The fraction of sp³-hybridized carbons (Fsp3) is 0.533. The smallest absolute Gasteiger partial charge is 0.127 e. The van der Waals surface area contributed by atoms with Crippen LogP contribution in [0, 0.1) is 11.3 Å². The normalized spacial score (nSPS) is 25.0. The first-order valence-electron chi connectivity index (χ1n) is 6.64. The highest BCUT2D eigenvalue weighted by molar-refractivity contribution is 5.42. The van der Waals surface area contributed by atoms with Crippen molar-refractivity contribution >= 4 is 0 Å². The number of hydrogen-bond donors (Lipinski definition) is 1. The van der Waals surface area contributed by atoms with Gasteiger partial charge < -0.3 is 19.5 Å². The van der Waals surface area contributed by atoms with Gasteiger partial charge in [0.25, 0.3) is 0 Å². The van der Waals surface area contributed by atoms with Crippen LogP contribution in [0.15, 0.2) is 18.2 Å². The number of nitrogens with one attached hydrogen (secondary N) is 1. The summed E-state index contributed by atoms with van der Waals surface area (Å²) in [5, 5.41) is 12.4. The quantitative estimate of drug-likeness (QED) is 0.892. The van der Waals surface area contributed by atoms with Gasteiger partial charge in [0.1, 0.15) is 28.9 Å². The van der Waals surface area contributed by atoms with E-state index in [-0.39, 0.29) is 6.10 Å². The molecule has 1 fully saturated rings. The second kappa shape index (κ2) is 6.02. The maximum Gasteiger partial charge on any atom is 0.127 e. The van der Waals surface area contributed by atoms with Crippen LogP contribution >= 0.6 is 0 Å². The van der Waals surface area contributed by atoms with Crippen molar-refractivity contribution in [1.29, 1.82) is 5.26 Å². The largest absolute Gasteiger partial charge is 0.496 e. The second-order valence-electron chi connectivity index (χ2n) is 4.97. The van der Waals surface area contributed by atoms with E-state index in [1.807, 2.05) is 19.2 Å². The highest BCUT2D eigenvalue weighted by atomic mass is 16.5. The molecule has 1 aliphatic carbocycles. The molecule has 2 unspecified atom stereocenters. The lowest BCUT2D eigenvalue weighted by Gasteiger charge is -2.20. The predicted octanol–water partition coefficient (Wildman–Crippen LogP) is 2.12. The average Bonchev–Trinajstić information content (AvgIpc) is 2.90. The molecule has 108 valence electrons. The van der Waals surface area contributed by atoms with E-state index in [1.165, 1.54) is 0 Å². The molecule has 0 aliphatic heterocycles. The average molecular weight is 276 g/mol. The summed E-state index contributed by atoms with van der Waals surface area (Å²) in [7, 11) is 5.03. The van der Waals surface area contributed by atoms with Gasteiger partial charge in [0.15, 0.2) is 0 Å². The molecule has 0 spiro atoms. The SMILES string of the molecule is CNC1(C#N)CCC(Oc2cc(OC)cc(OC)c2)C1. The van der Waals surface area contributed by atoms with E-state index >= 15 is 0 Å². The fourth-order valence-electron chi connectivity index (χ4n) is 2.53. The number of nitriles is 1. The van der Waals surface area contributed by atoms with E-state index in [2.05, 4.69) is 11.4 Å². The first-order valence-corrected chi connectivity index (χ1v) is 6.64. The zero-order chi connectivity index (χ0) is 14.6. The van der Waals surface area contributed by atoms with Gasteiger partial charge in [-0.25, -0.2) is 0 Å². The van der Waals surface area contributed by atoms with Crippen LogP contribution in [0.3, 0.4) is 0 Å². The molecular weight excluding hydrogens is 256 g/mol. The van der Waals surface area contributed by atoms with Gasteiger partial charge >= 0.3 is 0 Å². The lowest BCUT2D eigenvalue weighted by atomic mass is 10.0. The van der Waals surface area contributed by atoms with Crippen LogP contribution in [0.2, 0.25) is 0 Å². The van der Waals surface area contributed by atoms with Gasteiger partial charge in [0.05, 0.1) is 20.3 Å². The zero-order valence-corrected chi connectivity index (χ0v) is 12.1. The van der Waals surface area contributed by atoms with E-state index in [0.29, 0.717) is 23.7 Å². The number of ether oxygens (including phenoxy) is 3. The monoisotopic (exact) mass is 276 g/mol. The van der Waals surface area contributed by atoms with Crippen LogP contribution in [0.4, 0.5) is 0 Å². The summed E-state index contributed by atoms with van der Waals surface area (Å²) in [6.07, 6.45) is 2.36.